The Labute approximate surface area is 190 Å². The van der Waals surface area contributed by atoms with E-state index < -0.39 is 0 Å². The summed E-state index contributed by atoms with van der Waals surface area (Å²) in [5.74, 6) is 3.14. The fourth-order valence-corrected chi connectivity index (χ4v) is 4.52. The average Bonchev–Trinajstić information content (AvgIpc) is 3.60. The molecule has 1 aromatic heterocycles. The van der Waals surface area contributed by atoms with Crippen molar-refractivity contribution in [2.45, 2.75) is 51.1 Å². The van der Waals surface area contributed by atoms with Crippen molar-refractivity contribution in [3.05, 3.63) is 54.0 Å². The van der Waals surface area contributed by atoms with Crippen molar-refractivity contribution in [1.29, 1.82) is 0 Å². The molecule has 1 atom stereocenters. The lowest BCUT2D eigenvalue weighted by molar-refractivity contribution is -0.134. The molecular weight excluding hydrogens is 404 g/mol. The van der Waals surface area contributed by atoms with E-state index in [0.717, 1.165) is 68.4 Å². The zero-order valence-electron chi connectivity index (χ0n) is 18.9. The van der Waals surface area contributed by atoms with Crippen molar-refractivity contribution >= 4 is 11.9 Å². The van der Waals surface area contributed by atoms with Crippen molar-refractivity contribution in [3.63, 3.8) is 0 Å². The fourth-order valence-electron chi connectivity index (χ4n) is 4.52. The van der Waals surface area contributed by atoms with E-state index in [0.29, 0.717) is 12.5 Å². The first-order valence-electron chi connectivity index (χ1n) is 11.7. The Hall–Kier alpha value is -2.96. The first-order chi connectivity index (χ1) is 15.7. The number of methoxy groups -OCH3 is 1. The molecule has 2 fully saturated rings. The summed E-state index contributed by atoms with van der Waals surface area (Å²) in [4.78, 5) is 19.6. The van der Waals surface area contributed by atoms with Gasteiger partial charge in [-0.1, -0.05) is 25.0 Å². The Morgan fingerprint density at radius 1 is 1.19 bits per heavy atom. The molecule has 0 radical (unpaired) electrons. The third kappa shape index (κ3) is 6.05. The molecule has 1 aliphatic carbocycles. The van der Waals surface area contributed by atoms with Gasteiger partial charge in [0.15, 0.2) is 5.96 Å². The van der Waals surface area contributed by atoms with Crippen LogP contribution in [0.5, 0.6) is 5.75 Å². The van der Waals surface area contributed by atoms with Crippen LogP contribution >= 0.6 is 0 Å². The first kappa shape index (κ1) is 22.2. The van der Waals surface area contributed by atoms with E-state index >= 15 is 0 Å². The van der Waals surface area contributed by atoms with Crippen LogP contribution in [0.3, 0.4) is 0 Å². The van der Waals surface area contributed by atoms with Gasteiger partial charge in [0.2, 0.25) is 5.91 Å². The predicted octanol–water partition coefficient (Wildman–Crippen LogP) is 3.36. The van der Waals surface area contributed by atoms with Gasteiger partial charge in [0.25, 0.3) is 0 Å². The molecule has 0 bridgehead atoms. The molecule has 1 saturated heterocycles. The molecule has 2 N–H and O–H groups in total. The summed E-state index contributed by atoms with van der Waals surface area (Å²) in [6.45, 7) is 2.86. The molecule has 2 aliphatic rings. The lowest BCUT2D eigenvalue weighted by Crippen LogP contribution is -2.46. The van der Waals surface area contributed by atoms with Crippen LogP contribution in [0.15, 0.2) is 52.1 Å². The van der Waals surface area contributed by atoms with Gasteiger partial charge < -0.3 is 24.7 Å². The largest absolute Gasteiger partial charge is 0.497 e. The molecular formula is C25H34N4O3. The second-order valence-electron chi connectivity index (χ2n) is 8.66. The second kappa shape index (κ2) is 11.1. The molecule has 7 nitrogen and oxygen atoms in total. The number of hydrogen-bond acceptors (Lipinski definition) is 4. The molecule has 4 rings (SSSR count). The van der Waals surface area contributed by atoms with Crippen LogP contribution in [0.25, 0.3) is 0 Å². The molecule has 2 heterocycles. The highest BCUT2D eigenvalue weighted by Crippen LogP contribution is 2.27. The standard InChI is InChI=1S/C25H34N4O3/c1-31-22-10-8-19(9-11-22)17-27-25(26-14-12-23-7-4-16-32-23)28-21-13-15-29(18-21)24(30)20-5-2-3-6-20/h4,7-11,16,20-21H,2-3,5-6,12-15,17-18H2,1H3,(H2,26,27,28). The number of carbonyl (C=O) groups is 1. The van der Waals surface area contributed by atoms with E-state index in [4.69, 9.17) is 14.1 Å². The molecule has 1 aromatic carbocycles. The number of nitrogens with one attached hydrogen (secondary N) is 2. The minimum Gasteiger partial charge on any atom is -0.497 e. The maximum atomic E-state index is 12.8. The Kier molecular flexibility index (Phi) is 7.69. The first-order valence-corrected chi connectivity index (χ1v) is 11.7. The van der Waals surface area contributed by atoms with Crippen molar-refractivity contribution in [1.82, 2.24) is 15.5 Å². The highest BCUT2D eigenvalue weighted by atomic mass is 16.5. The predicted molar refractivity (Wildman–Crippen MR) is 125 cm³/mol. The van der Waals surface area contributed by atoms with Crippen molar-refractivity contribution in [2.75, 3.05) is 26.7 Å². The highest BCUT2D eigenvalue weighted by Gasteiger charge is 2.32. The number of guanidine groups is 1. The van der Waals surface area contributed by atoms with Crippen LogP contribution < -0.4 is 15.4 Å². The number of amides is 1. The maximum absolute atomic E-state index is 12.8. The van der Waals surface area contributed by atoms with Crippen LogP contribution in [0.4, 0.5) is 0 Å². The quantitative estimate of drug-likeness (QED) is 0.488. The maximum Gasteiger partial charge on any atom is 0.225 e. The Morgan fingerprint density at radius 2 is 2.00 bits per heavy atom. The number of rotatable bonds is 8. The molecule has 1 aliphatic heterocycles. The minimum absolute atomic E-state index is 0.214. The minimum atomic E-state index is 0.214. The summed E-state index contributed by atoms with van der Waals surface area (Å²) in [6.07, 6.45) is 7.90. The molecule has 1 unspecified atom stereocenters. The summed E-state index contributed by atoms with van der Waals surface area (Å²) in [6, 6.07) is 12.1. The van der Waals surface area contributed by atoms with E-state index in [2.05, 4.69) is 10.6 Å². The number of furan rings is 1. The topological polar surface area (TPSA) is 79.1 Å². The normalized spacial score (nSPS) is 19.3. The van der Waals surface area contributed by atoms with Crippen molar-refractivity contribution < 1.29 is 13.9 Å². The van der Waals surface area contributed by atoms with Gasteiger partial charge in [-0.3, -0.25) is 4.79 Å². The smallest absolute Gasteiger partial charge is 0.225 e. The van der Waals surface area contributed by atoms with Gasteiger partial charge in [-0.25, -0.2) is 4.99 Å². The summed E-state index contributed by atoms with van der Waals surface area (Å²) in [5, 5.41) is 6.98. The van der Waals surface area contributed by atoms with Crippen LogP contribution in [0, 0.1) is 5.92 Å². The number of aliphatic imine (C=N–C) groups is 1. The number of ether oxygens (including phenoxy) is 1. The van der Waals surface area contributed by atoms with Crippen LogP contribution in [-0.2, 0) is 17.8 Å². The Morgan fingerprint density at radius 3 is 2.72 bits per heavy atom. The van der Waals surface area contributed by atoms with E-state index in [1.54, 1.807) is 13.4 Å². The molecule has 1 saturated carbocycles. The van der Waals surface area contributed by atoms with Crippen LogP contribution in [0.2, 0.25) is 0 Å². The van der Waals surface area contributed by atoms with E-state index in [9.17, 15) is 4.79 Å². The molecule has 32 heavy (non-hydrogen) atoms. The average molecular weight is 439 g/mol. The van der Waals surface area contributed by atoms with Gasteiger partial charge in [-0.2, -0.15) is 0 Å². The van der Waals surface area contributed by atoms with E-state index in [1.807, 2.05) is 41.3 Å². The molecule has 172 valence electrons. The van der Waals surface area contributed by atoms with Crippen molar-refractivity contribution in [3.8, 4) is 5.75 Å². The van der Waals surface area contributed by atoms with Gasteiger partial charge in [0.1, 0.15) is 11.5 Å². The zero-order valence-corrected chi connectivity index (χ0v) is 18.9. The van der Waals surface area contributed by atoms with Gasteiger partial charge in [-0.05, 0) is 49.1 Å². The molecule has 1 amide bonds. The van der Waals surface area contributed by atoms with Gasteiger partial charge >= 0.3 is 0 Å². The molecule has 2 aromatic rings. The molecule has 7 heteroatoms. The van der Waals surface area contributed by atoms with Gasteiger partial charge in [0, 0.05) is 38.0 Å². The fraction of sp³-hybridized carbons (Fsp3) is 0.520. The second-order valence-corrected chi connectivity index (χ2v) is 8.66. The van der Waals surface area contributed by atoms with Gasteiger partial charge in [0.05, 0.1) is 19.9 Å². The van der Waals surface area contributed by atoms with Crippen molar-refractivity contribution in [2.24, 2.45) is 10.9 Å². The summed E-state index contributed by atoms with van der Waals surface area (Å²) in [7, 11) is 1.67. The summed E-state index contributed by atoms with van der Waals surface area (Å²) < 4.78 is 10.7. The van der Waals surface area contributed by atoms with Crippen LogP contribution in [-0.4, -0.2) is 49.6 Å². The number of benzene rings is 1. The highest BCUT2D eigenvalue weighted by molar-refractivity contribution is 5.81. The van der Waals surface area contributed by atoms with E-state index in [1.165, 1.54) is 12.8 Å². The van der Waals surface area contributed by atoms with Gasteiger partial charge in [-0.15, -0.1) is 0 Å². The zero-order chi connectivity index (χ0) is 22.2. The third-order valence-corrected chi connectivity index (χ3v) is 6.37. The SMILES string of the molecule is COc1ccc(CN=C(NCCc2ccco2)NC2CCN(C(=O)C3CCCC3)C2)cc1. The summed E-state index contributed by atoms with van der Waals surface area (Å²) >= 11 is 0. The Bertz CT molecular complexity index is 873. The molecule has 0 spiro atoms. The number of likely N-dealkylation sites (tertiary alicyclic amines) is 1. The number of hydrogen-bond donors (Lipinski definition) is 2. The van der Waals surface area contributed by atoms with E-state index in [-0.39, 0.29) is 12.0 Å². The lowest BCUT2D eigenvalue weighted by Gasteiger charge is -2.21. The lowest BCUT2D eigenvalue weighted by atomic mass is 10.1. The summed E-state index contributed by atoms with van der Waals surface area (Å²) in [5.41, 5.74) is 1.11. The number of carbonyl (C=O) groups excluding carboxylic acids is 1. The van der Waals surface area contributed by atoms with Crippen LogP contribution in [0.1, 0.15) is 43.4 Å². The monoisotopic (exact) mass is 438 g/mol. The third-order valence-electron chi connectivity index (χ3n) is 6.37. The Balaban J connectivity index is 1.34. The number of nitrogens with zero attached hydrogens (tertiary/aromatic N) is 2.